The lowest BCUT2D eigenvalue weighted by atomic mass is 10.0. The molecule has 0 unspecified atom stereocenters. The first-order chi connectivity index (χ1) is 10.1. The maximum Gasteiger partial charge on any atom is 0.324 e. The molecule has 1 saturated carbocycles. The molecule has 1 amide bonds. The van der Waals surface area contributed by atoms with Gasteiger partial charge in [0.1, 0.15) is 0 Å². The number of nitro groups is 1. The molecule has 0 atom stereocenters. The molecule has 0 aromatic carbocycles. The van der Waals surface area contributed by atoms with E-state index in [1.807, 2.05) is 4.90 Å². The number of rotatable bonds is 5. The number of nitrogens with zero attached hydrogens (tertiary/aromatic N) is 2. The maximum absolute atomic E-state index is 12.3. The van der Waals surface area contributed by atoms with Crippen LogP contribution in [0.25, 0.3) is 0 Å². The van der Waals surface area contributed by atoms with Crippen LogP contribution in [-0.2, 0) is 0 Å². The molecule has 2 heterocycles. The van der Waals surface area contributed by atoms with Crippen LogP contribution in [-0.4, -0.2) is 41.4 Å². The van der Waals surface area contributed by atoms with E-state index in [-0.39, 0.29) is 10.9 Å². The zero-order valence-corrected chi connectivity index (χ0v) is 12.6. The summed E-state index contributed by atoms with van der Waals surface area (Å²) in [5.74, 6) is 0.796. The number of hydrogen-bond acceptors (Lipinski definition) is 5. The SMILES string of the molecule is O=C(c1ccc([N+](=O)[O-])s1)N1CCC(NCC2CC2)CC1. The van der Waals surface area contributed by atoms with Crippen molar-refractivity contribution in [1.82, 2.24) is 10.2 Å². The summed E-state index contributed by atoms with van der Waals surface area (Å²) in [6, 6.07) is 3.47. The minimum atomic E-state index is -0.449. The van der Waals surface area contributed by atoms with Gasteiger partial charge in [-0.3, -0.25) is 14.9 Å². The Balaban J connectivity index is 1.50. The molecule has 0 bridgehead atoms. The fraction of sp³-hybridized carbons (Fsp3) is 0.643. The number of likely N-dealkylation sites (tertiary alicyclic amines) is 1. The van der Waals surface area contributed by atoms with Crippen molar-refractivity contribution in [3.63, 3.8) is 0 Å². The number of hydrogen-bond donors (Lipinski definition) is 1. The van der Waals surface area contributed by atoms with E-state index in [4.69, 9.17) is 0 Å². The molecule has 2 aliphatic rings. The molecule has 1 aromatic heterocycles. The Morgan fingerprint density at radius 2 is 2.05 bits per heavy atom. The van der Waals surface area contributed by atoms with Crippen LogP contribution in [0.15, 0.2) is 12.1 Å². The standard InChI is InChI=1S/C14H19N3O3S/c18-14(12-3-4-13(21-12)17(19)20)16-7-5-11(6-8-16)15-9-10-1-2-10/h3-4,10-11,15H,1-2,5-9H2. The van der Waals surface area contributed by atoms with Gasteiger partial charge in [0.25, 0.3) is 5.91 Å². The van der Waals surface area contributed by atoms with Gasteiger partial charge in [-0.05, 0) is 44.2 Å². The largest absolute Gasteiger partial charge is 0.338 e. The summed E-state index contributed by atoms with van der Waals surface area (Å²) in [6.45, 7) is 2.56. The molecule has 0 radical (unpaired) electrons. The molecule has 0 spiro atoms. The number of nitrogens with one attached hydrogen (secondary N) is 1. The van der Waals surface area contributed by atoms with Gasteiger partial charge in [0.2, 0.25) is 0 Å². The van der Waals surface area contributed by atoms with Crippen molar-refractivity contribution in [2.24, 2.45) is 5.92 Å². The molecule has 2 fully saturated rings. The fourth-order valence-corrected chi connectivity index (χ4v) is 3.43. The number of thiophene rings is 1. The summed E-state index contributed by atoms with van der Waals surface area (Å²) in [4.78, 5) is 24.8. The van der Waals surface area contributed by atoms with Crippen molar-refractivity contribution in [1.29, 1.82) is 0 Å². The van der Waals surface area contributed by atoms with Crippen LogP contribution in [0.2, 0.25) is 0 Å². The molecule has 1 aliphatic carbocycles. The maximum atomic E-state index is 12.3. The zero-order valence-electron chi connectivity index (χ0n) is 11.8. The average molecular weight is 309 g/mol. The third-order valence-corrected chi connectivity index (χ3v) is 5.18. The molecule has 6 nitrogen and oxygen atoms in total. The van der Waals surface area contributed by atoms with E-state index in [0.29, 0.717) is 10.9 Å². The van der Waals surface area contributed by atoms with Crippen LogP contribution in [0.4, 0.5) is 5.00 Å². The second kappa shape index (κ2) is 6.11. The summed E-state index contributed by atoms with van der Waals surface area (Å²) in [7, 11) is 0. The van der Waals surface area contributed by atoms with Crippen LogP contribution >= 0.6 is 11.3 Å². The molecule has 7 heteroatoms. The smallest absolute Gasteiger partial charge is 0.324 e. The predicted octanol–water partition coefficient (Wildman–Crippen LogP) is 2.26. The van der Waals surface area contributed by atoms with Crippen LogP contribution in [0.3, 0.4) is 0 Å². The van der Waals surface area contributed by atoms with E-state index in [1.165, 1.54) is 18.9 Å². The third-order valence-electron chi connectivity index (χ3n) is 4.16. The molecule has 3 rings (SSSR count). The van der Waals surface area contributed by atoms with Crippen LogP contribution in [0, 0.1) is 16.0 Å². The van der Waals surface area contributed by atoms with Gasteiger partial charge in [0.15, 0.2) is 0 Å². The average Bonchev–Trinajstić information content (AvgIpc) is 3.18. The number of carbonyl (C=O) groups excluding carboxylic acids is 1. The lowest BCUT2D eigenvalue weighted by Crippen LogP contribution is -2.45. The van der Waals surface area contributed by atoms with Gasteiger partial charge in [-0.1, -0.05) is 11.3 Å². The second-order valence-electron chi connectivity index (χ2n) is 5.81. The van der Waals surface area contributed by atoms with E-state index in [0.717, 1.165) is 49.7 Å². The Hall–Kier alpha value is -1.47. The molecular weight excluding hydrogens is 290 g/mol. The van der Waals surface area contributed by atoms with E-state index < -0.39 is 4.92 Å². The summed E-state index contributed by atoms with van der Waals surface area (Å²) < 4.78 is 0. The van der Waals surface area contributed by atoms with Crippen molar-refractivity contribution in [2.45, 2.75) is 31.7 Å². The van der Waals surface area contributed by atoms with Gasteiger partial charge in [-0.15, -0.1) is 0 Å². The first-order valence-corrected chi connectivity index (χ1v) is 8.22. The van der Waals surface area contributed by atoms with Crippen molar-refractivity contribution >= 4 is 22.2 Å². The first-order valence-electron chi connectivity index (χ1n) is 7.40. The monoisotopic (exact) mass is 309 g/mol. The Morgan fingerprint density at radius 1 is 1.33 bits per heavy atom. The summed E-state index contributed by atoms with van der Waals surface area (Å²) in [6.07, 6.45) is 4.63. The summed E-state index contributed by atoms with van der Waals surface area (Å²) in [5, 5.41) is 14.3. The van der Waals surface area contributed by atoms with Crippen LogP contribution in [0.1, 0.15) is 35.4 Å². The highest BCUT2D eigenvalue weighted by molar-refractivity contribution is 7.17. The number of carbonyl (C=O) groups is 1. The molecule has 114 valence electrons. The van der Waals surface area contributed by atoms with Gasteiger partial charge >= 0.3 is 5.00 Å². The zero-order chi connectivity index (χ0) is 14.8. The molecule has 1 aliphatic heterocycles. The molecule has 21 heavy (non-hydrogen) atoms. The van der Waals surface area contributed by atoms with Crippen LogP contribution in [0.5, 0.6) is 0 Å². The first kappa shape index (κ1) is 14.5. The van der Waals surface area contributed by atoms with Gasteiger partial charge in [-0.25, -0.2) is 0 Å². The Morgan fingerprint density at radius 3 is 2.62 bits per heavy atom. The van der Waals surface area contributed by atoms with E-state index in [1.54, 1.807) is 6.07 Å². The second-order valence-corrected chi connectivity index (χ2v) is 6.88. The van der Waals surface area contributed by atoms with E-state index >= 15 is 0 Å². The van der Waals surface area contributed by atoms with Gasteiger partial charge in [0.05, 0.1) is 9.80 Å². The Bertz CT molecular complexity index is 533. The Labute approximate surface area is 127 Å². The predicted molar refractivity (Wildman–Crippen MR) is 80.6 cm³/mol. The van der Waals surface area contributed by atoms with Crippen LogP contribution < -0.4 is 5.32 Å². The highest BCUT2D eigenvalue weighted by Crippen LogP contribution is 2.28. The third kappa shape index (κ3) is 3.59. The van der Waals surface area contributed by atoms with E-state index in [2.05, 4.69) is 5.32 Å². The lowest BCUT2D eigenvalue weighted by Gasteiger charge is -2.32. The molecule has 1 saturated heterocycles. The van der Waals surface area contributed by atoms with Crippen molar-refractivity contribution in [2.75, 3.05) is 19.6 Å². The molecule has 1 aromatic rings. The fourth-order valence-electron chi connectivity index (χ4n) is 2.64. The minimum Gasteiger partial charge on any atom is -0.338 e. The minimum absolute atomic E-state index is 0.0272. The summed E-state index contributed by atoms with van der Waals surface area (Å²) in [5.41, 5.74) is 0. The highest BCUT2D eigenvalue weighted by Gasteiger charge is 2.27. The van der Waals surface area contributed by atoms with Gasteiger partial charge < -0.3 is 10.2 Å². The van der Waals surface area contributed by atoms with Gasteiger partial charge in [-0.2, -0.15) is 0 Å². The lowest BCUT2D eigenvalue weighted by molar-refractivity contribution is -0.380. The number of piperidine rings is 1. The Kier molecular flexibility index (Phi) is 4.21. The van der Waals surface area contributed by atoms with Crippen molar-refractivity contribution in [3.05, 3.63) is 27.1 Å². The quantitative estimate of drug-likeness (QED) is 0.668. The molecular formula is C14H19N3O3S. The highest BCUT2D eigenvalue weighted by atomic mass is 32.1. The topological polar surface area (TPSA) is 75.5 Å². The van der Waals surface area contributed by atoms with Gasteiger partial charge in [0, 0.05) is 25.2 Å². The summed E-state index contributed by atoms with van der Waals surface area (Å²) >= 11 is 0.960. The normalized spacial score (nSPS) is 19.7. The van der Waals surface area contributed by atoms with Crippen molar-refractivity contribution in [3.8, 4) is 0 Å². The molecule has 1 N–H and O–H groups in total. The number of amides is 1. The van der Waals surface area contributed by atoms with E-state index in [9.17, 15) is 14.9 Å². The van der Waals surface area contributed by atoms with Crippen molar-refractivity contribution < 1.29 is 9.72 Å².